The summed E-state index contributed by atoms with van der Waals surface area (Å²) in [5, 5.41) is 8.72. The Bertz CT molecular complexity index is 2090. The van der Waals surface area contributed by atoms with Gasteiger partial charge in [0.05, 0.1) is 25.3 Å². The molecule has 6 rings (SSSR count). The molecular weight excluding hydrogens is 854 g/mol. The third-order valence-corrected chi connectivity index (χ3v) is 10.8. The molecule has 4 aromatic rings. The lowest BCUT2D eigenvalue weighted by Gasteiger charge is -2.39. The predicted octanol–water partition coefficient (Wildman–Crippen LogP) is 7.21. The first-order valence-corrected chi connectivity index (χ1v) is 20.1. The van der Waals surface area contributed by atoms with Gasteiger partial charge >= 0.3 is 5.97 Å². The number of hydrogen-bond donors (Lipinski definition) is 0. The number of carbonyl (C=O) groups is 5. The van der Waals surface area contributed by atoms with Crippen molar-refractivity contribution < 1.29 is 28.7 Å². The van der Waals surface area contributed by atoms with E-state index in [1.807, 2.05) is 92.4 Å². The van der Waals surface area contributed by atoms with E-state index in [0.717, 1.165) is 32.2 Å². The van der Waals surface area contributed by atoms with E-state index in [2.05, 4.69) is 54.5 Å². The van der Waals surface area contributed by atoms with Crippen LogP contribution in [0.3, 0.4) is 0 Å². The SMILES string of the molecule is COC(=O)c1ccc(Br)cc1C.C[C@@H]1CN(C(=O)c2ccccc2)CCN1CC#N.Cc1cc(Br)ccc1C(=O)C(=O)N1CCN(C(=O)c2ccccc2)C[C@H]1C. The van der Waals surface area contributed by atoms with Gasteiger partial charge in [0.2, 0.25) is 0 Å². The molecule has 2 heterocycles. The number of benzene rings is 4. The van der Waals surface area contributed by atoms with Gasteiger partial charge in [-0.15, -0.1) is 0 Å². The zero-order chi connectivity index (χ0) is 41.6. The van der Waals surface area contributed by atoms with Crippen molar-refractivity contribution in [2.24, 2.45) is 0 Å². The van der Waals surface area contributed by atoms with Crippen LogP contribution in [-0.2, 0) is 9.53 Å². The standard InChI is InChI=1S/C21H21BrN2O3.C14H17N3O.C9H9BrO2/c1-14-12-17(22)8-9-18(14)19(25)21(27)24-11-10-23(13-15(24)2)20(26)16-6-4-3-5-7-16;1-12-11-17(10-9-16(12)8-7-15)14(18)13-5-3-2-4-6-13;1-6-5-7(10)3-4-8(6)9(11)12-2/h3-9,12,15H,10-11,13H2,1-2H3;2-6,12H,8-11H2,1H3;3-5H,1-2H3/t15-;12-;/m11./s1. The molecule has 11 nitrogen and oxygen atoms in total. The minimum atomic E-state index is -0.514. The second-order valence-corrected chi connectivity index (χ2v) is 15.6. The lowest BCUT2D eigenvalue weighted by atomic mass is 10.0. The monoisotopic (exact) mass is 899 g/mol. The molecule has 0 radical (unpaired) electrons. The summed E-state index contributed by atoms with van der Waals surface area (Å²) in [6.07, 6.45) is 0. The molecule has 0 spiro atoms. The average molecular weight is 902 g/mol. The van der Waals surface area contributed by atoms with Crippen LogP contribution in [0.5, 0.6) is 0 Å². The fourth-order valence-corrected chi connectivity index (χ4v) is 7.52. The second kappa shape index (κ2) is 21.4. The third kappa shape index (κ3) is 12.2. The first-order valence-electron chi connectivity index (χ1n) is 18.5. The van der Waals surface area contributed by atoms with Crippen LogP contribution in [0.2, 0.25) is 0 Å². The minimum Gasteiger partial charge on any atom is -0.465 e. The van der Waals surface area contributed by atoms with Crippen LogP contribution in [0.25, 0.3) is 0 Å². The van der Waals surface area contributed by atoms with E-state index in [1.54, 1.807) is 40.1 Å². The fraction of sp³-hybridized carbons (Fsp3) is 0.318. The number of rotatable bonds is 6. The number of esters is 1. The van der Waals surface area contributed by atoms with Gasteiger partial charge < -0.3 is 19.4 Å². The zero-order valence-electron chi connectivity index (χ0n) is 32.8. The summed E-state index contributed by atoms with van der Waals surface area (Å²) in [5.41, 5.74) is 4.06. The van der Waals surface area contributed by atoms with Crippen LogP contribution >= 0.6 is 31.9 Å². The van der Waals surface area contributed by atoms with Crippen molar-refractivity contribution in [2.45, 2.75) is 39.8 Å². The normalized spacial score (nSPS) is 16.5. The minimum absolute atomic E-state index is 0.0513. The lowest BCUT2D eigenvalue weighted by molar-refractivity contribution is -0.130. The average Bonchev–Trinajstić information content (AvgIpc) is 3.21. The van der Waals surface area contributed by atoms with Crippen molar-refractivity contribution in [3.8, 4) is 6.07 Å². The molecule has 2 saturated heterocycles. The molecule has 0 aromatic heterocycles. The van der Waals surface area contributed by atoms with E-state index in [0.29, 0.717) is 56.0 Å². The zero-order valence-corrected chi connectivity index (χ0v) is 36.0. The highest BCUT2D eigenvalue weighted by Crippen LogP contribution is 2.20. The molecule has 57 heavy (non-hydrogen) atoms. The van der Waals surface area contributed by atoms with Crippen molar-refractivity contribution in [1.82, 2.24) is 19.6 Å². The number of halogens is 2. The smallest absolute Gasteiger partial charge is 0.338 e. The number of amides is 3. The molecule has 0 saturated carbocycles. The van der Waals surface area contributed by atoms with Crippen LogP contribution in [0.15, 0.2) is 106 Å². The van der Waals surface area contributed by atoms with Crippen molar-refractivity contribution in [1.29, 1.82) is 5.26 Å². The Morgan fingerprint density at radius 2 is 1.16 bits per heavy atom. The van der Waals surface area contributed by atoms with E-state index in [9.17, 15) is 24.0 Å². The van der Waals surface area contributed by atoms with E-state index in [1.165, 1.54) is 7.11 Å². The van der Waals surface area contributed by atoms with E-state index in [4.69, 9.17) is 5.26 Å². The van der Waals surface area contributed by atoms with Gasteiger partial charge in [-0.25, -0.2) is 4.79 Å². The number of aryl methyl sites for hydroxylation is 2. The molecule has 0 unspecified atom stereocenters. The lowest BCUT2D eigenvalue weighted by Crippen LogP contribution is -2.56. The Balaban J connectivity index is 0.000000206. The highest BCUT2D eigenvalue weighted by atomic mass is 79.9. The maximum absolute atomic E-state index is 12.8. The summed E-state index contributed by atoms with van der Waals surface area (Å²) in [4.78, 5) is 68.7. The number of hydrogen-bond acceptors (Lipinski definition) is 8. The summed E-state index contributed by atoms with van der Waals surface area (Å²) in [6, 6.07) is 31.3. The van der Waals surface area contributed by atoms with E-state index >= 15 is 0 Å². The number of methoxy groups -OCH3 is 1. The summed E-state index contributed by atoms with van der Waals surface area (Å²) in [6.45, 7) is 11.4. The fourth-order valence-electron chi connectivity index (χ4n) is 6.57. The molecule has 2 fully saturated rings. The number of carbonyl (C=O) groups excluding carboxylic acids is 5. The molecular formula is C44H47Br2N5O6. The number of nitrogens with zero attached hydrogens (tertiary/aromatic N) is 5. The molecule has 0 aliphatic carbocycles. The second-order valence-electron chi connectivity index (χ2n) is 13.8. The highest BCUT2D eigenvalue weighted by Gasteiger charge is 2.34. The Kier molecular flexibility index (Phi) is 16.7. The number of nitriles is 1. The number of Topliss-reactive ketones (excluding diaryl/α,β-unsaturated/α-hetero) is 1. The molecule has 2 aliphatic rings. The predicted molar refractivity (Wildman–Crippen MR) is 226 cm³/mol. The first-order chi connectivity index (χ1) is 27.2. The molecule has 298 valence electrons. The van der Waals surface area contributed by atoms with Gasteiger partial charge in [-0.2, -0.15) is 5.26 Å². The van der Waals surface area contributed by atoms with Crippen molar-refractivity contribution in [3.63, 3.8) is 0 Å². The van der Waals surface area contributed by atoms with Gasteiger partial charge in [-0.05, 0) is 99.5 Å². The first kappa shape index (κ1) is 44.6. The number of ether oxygens (including phenoxy) is 1. The van der Waals surface area contributed by atoms with Gasteiger partial charge in [-0.3, -0.25) is 24.1 Å². The molecule has 13 heteroatoms. The van der Waals surface area contributed by atoms with Gasteiger partial charge in [0, 0.05) is 77.0 Å². The van der Waals surface area contributed by atoms with Crippen molar-refractivity contribution in [2.75, 3.05) is 52.9 Å². The maximum Gasteiger partial charge on any atom is 0.338 e. The van der Waals surface area contributed by atoms with Gasteiger partial charge in [0.25, 0.3) is 23.5 Å². The molecule has 2 atom stereocenters. The van der Waals surface area contributed by atoms with Gasteiger partial charge in [-0.1, -0.05) is 68.3 Å². The van der Waals surface area contributed by atoms with Gasteiger partial charge in [0.15, 0.2) is 0 Å². The summed E-state index contributed by atoms with van der Waals surface area (Å²) in [7, 11) is 1.38. The maximum atomic E-state index is 12.8. The summed E-state index contributed by atoms with van der Waals surface area (Å²) >= 11 is 6.68. The topological polar surface area (TPSA) is 131 Å². The van der Waals surface area contributed by atoms with E-state index in [-0.39, 0.29) is 29.9 Å². The van der Waals surface area contributed by atoms with E-state index < -0.39 is 11.7 Å². The highest BCUT2D eigenvalue weighted by molar-refractivity contribution is 9.10. The Morgan fingerprint density at radius 1 is 0.684 bits per heavy atom. The van der Waals surface area contributed by atoms with Crippen molar-refractivity contribution in [3.05, 3.63) is 139 Å². The van der Waals surface area contributed by atoms with Gasteiger partial charge in [0.1, 0.15) is 0 Å². The molecule has 3 amide bonds. The van der Waals surface area contributed by atoms with Crippen molar-refractivity contribution >= 4 is 61.3 Å². The Morgan fingerprint density at radius 3 is 1.60 bits per heavy atom. The quantitative estimate of drug-likeness (QED) is 0.0859. The van der Waals surface area contributed by atoms with Crippen LogP contribution in [0, 0.1) is 25.2 Å². The molecule has 0 N–H and O–H groups in total. The van der Waals surface area contributed by atoms with Crippen LogP contribution in [0.4, 0.5) is 0 Å². The third-order valence-electron chi connectivity index (χ3n) is 9.76. The largest absolute Gasteiger partial charge is 0.465 e. The van der Waals surface area contributed by atoms with Crippen LogP contribution in [-0.4, -0.2) is 114 Å². The molecule has 4 aromatic carbocycles. The number of ketones is 1. The van der Waals surface area contributed by atoms with Crippen LogP contribution < -0.4 is 0 Å². The Hall–Kier alpha value is -5.16. The Labute approximate surface area is 351 Å². The molecule has 0 bridgehead atoms. The number of piperazine rings is 2. The summed E-state index contributed by atoms with van der Waals surface area (Å²) in [5.74, 6) is -1.28. The molecule has 2 aliphatic heterocycles. The summed E-state index contributed by atoms with van der Waals surface area (Å²) < 4.78 is 6.43. The van der Waals surface area contributed by atoms with Crippen LogP contribution in [0.1, 0.15) is 66.4 Å².